The number of halogens is 3. The molecule has 0 bridgehead atoms. The molecular formula is C22H21F3N4OS. The zero-order valence-corrected chi connectivity index (χ0v) is 17.6. The summed E-state index contributed by atoms with van der Waals surface area (Å²) in [7, 11) is 0. The Bertz CT molecular complexity index is 1070. The highest BCUT2D eigenvalue weighted by molar-refractivity contribution is 7.15. The van der Waals surface area contributed by atoms with E-state index in [-0.39, 0.29) is 5.69 Å². The minimum atomic E-state index is -4.47. The summed E-state index contributed by atoms with van der Waals surface area (Å²) in [5, 5.41) is 6.11. The number of hydrogen-bond acceptors (Lipinski definition) is 4. The van der Waals surface area contributed by atoms with E-state index in [1.807, 2.05) is 13.0 Å². The van der Waals surface area contributed by atoms with Crippen molar-refractivity contribution in [3.05, 3.63) is 58.9 Å². The first-order valence-corrected chi connectivity index (χ1v) is 10.8. The first kappa shape index (κ1) is 21.3. The van der Waals surface area contributed by atoms with Gasteiger partial charge in [-0.25, -0.2) is 14.8 Å². The number of rotatable bonds is 4. The first-order chi connectivity index (χ1) is 14.8. The summed E-state index contributed by atoms with van der Waals surface area (Å²) in [6.45, 7) is 1.99. The minimum Gasteiger partial charge on any atom is -0.308 e. The molecule has 2 aromatic heterocycles. The maximum absolute atomic E-state index is 12.8. The first-order valence-electron chi connectivity index (χ1n) is 9.98. The van der Waals surface area contributed by atoms with Crippen LogP contribution >= 0.6 is 11.3 Å². The Morgan fingerprint density at radius 2 is 1.90 bits per heavy atom. The van der Waals surface area contributed by atoms with Crippen molar-refractivity contribution in [1.29, 1.82) is 0 Å². The van der Waals surface area contributed by atoms with Crippen LogP contribution in [0.5, 0.6) is 0 Å². The number of benzene rings is 1. The summed E-state index contributed by atoms with van der Waals surface area (Å²) in [6.07, 6.45) is 2.08. The summed E-state index contributed by atoms with van der Waals surface area (Å²) in [6, 6.07) is 7.30. The van der Waals surface area contributed by atoms with E-state index in [0.29, 0.717) is 11.7 Å². The second-order valence-corrected chi connectivity index (χ2v) is 8.57. The van der Waals surface area contributed by atoms with Gasteiger partial charge in [0.15, 0.2) is 0 Å². The largest absolute Gasteiger partial charge is 0.416 e. The van der Waals surface area contributed by atoms with E-state index in [0.717, 1.165) is 28.3 Å². The predicted molar refractivity (Wildman–Crippen MR) is 115 cm³/mol. The molecule has 1 aliphatic carbocycles. The molecule has 1 saturated carbocycles. The van der Waals surface area contributed by atoms with Crippen molar-refractivity contribution in [1.82, 2.24) is 9.97 Å². The summed E-state index contributed by atoms with van der Waals surface area (Å²) in [5.41, 5.74) is 1.10. The van der Waals surface area contributed by atoms with Crippen LogP contribution in [-0.4, -0.2) is 16.0 Å². The predicted octanol–water partition coefficient (Wildman–Crippen LogP) is 6.83. The van der Waals surface area contributed by atoms with Gasteiger partial charge in [0.05, 0.1) is 21.1 Å². The molecule has 0 spiro atoms. The highest BCUT2D eigenvalue weighted by Crippen LogP contribution is 2.40. The number of alkyl halides is 3. The quantitative estimate of drug-likeness (QED) is 0.461. The molecule has 9 heteroatoms. The summed E-state index contributed by atoms with van der Waals surface area (Å²) in [5.74, 6) is 0.845. The average molecular weight is 446 g/mol. The number of anilines is 2. The second-order valence-electron chi connectivity index (χ2n) is 7.54. The monoisotopic (exact) mass is 446 g/mol. The maximum Gasteiger partial charge on any atom is 0.416 e. The van der Waals surface area contributed by atoms with Crippen molar-refractivity contribution >= 4 is 28.9 Å². The lowest BCUT2D eigenvalue weighted by molar-refractivity contribution is -0.137. The van der Waals surface area contributed by atoms with Crippen LogP contribution in [0.4, 0.5) is 29.5 Å². The third-order valence-electron chi connectivity index (χ3n) is 5.23. The standard InChI is InChI=1S/C22H21F3N4OS/c1-13-19(31-20(27-13)14-5-2-3-6-14)15-9-10-18(26-12-15)29-21(30)28-17-8-4-7-16(11-17)22(23,24)25/h4,7-12,14H,2-3,5-6H2,1H3,(H2,26,28,29,30). The molecule has 4 rings (SSSR count). The van der Waals surface area contributed by atoms with Crippen molar-refractivity contribution < 1.29 is 18.0 Å². The number of nitrogens with zero attached hydrogens (tertiary/aromatic N) is 2. The highest BCUT2D eigenvalue weighted by Gasteiger charge is 2.30. The van der Waals surface area contributed by atoms with Gasteiger partial charge in [-0.15, -0.1) is 11.3 Å². The second kappa shape index (κ2) is 8.66. The smallest absolute Gasteiger partial charge is 0.308 e. The number of hydrogen-bond donors (Lipinski definition) is 2. The van der Waals surface area contributed by atoms with Gasteiger partial charge in [-0.2, -0.15) is 13.2 Å². The van der Waals surface area contributed by atoms with Gasteiger partial charge in [0.2, 0.25) is 0 Å². The molecule has 0 atom stereocenters. The summed E-state index contributed by atoms with van der Waals surface area (Å²) < 4.78 is 38.4. The molecule has 31 heavy (non-hydrogen) atoms. The molecule has 162 valence electrons. The molecule has 1 aliphatic rings. The fourth-order valence-corrected chi connectivity index (χ4v) is 4.91. The van der Waals surface area contributed by atoms with E-state index in [1.54, 1.807) is 23.6 Å². The van der Waals surface area contributed by atoms with Gasteiger partial charge in [-0.1, -0.05) is 18.9 Å². The lowest BCUT2D eigenvalue weighted by atomic mass is 10.1. The van der Waals surface area contributed by atoms with Crippen LogP contribution in [0.15, 0.2) is 42.6 Å². The van der Waals surface area contributed by atoms with E-state index in [9.17, 15) is 18.0 Å². The van der Waals surface area contributed by atoms with Crippen molar-refractivity contribution in [2.75, 3.05) is 10.6 Å². The molecule has 0 saturated heterocycles. The van der Waals surface area contributed by atoms with Crippen LogP contribution in [0.3, 0.4) is 0 Å². The van der Waals surface area contributed by atoms with Crippen LogP contribution in [0.2, 0.25) is 0 Å². The third-order valence-corrected chi connectivity index (χ3v) is 6.60. The molecule has 1 fully saturated rings. The number of thiazole rings is 1. The lowest BCUT2D eigenvalue weighted by Crippen LogP contribution is -2.20. The van der Waals surface area contributed by atoms with Gasteiger partial charge in [0.25, 0.3) is 0 Å². The Labute approximate surface area is 181 Å². The van der Waals surface area contributed by atoms with Crippen LogP contribution in [0.25, 0.3) is 10.4 Å². The van der Waals surface area contributed by atoms with Crippen molar-refractivity contribution in [3.63, 3.8) is 0 Å². The molecule has 0 radical (unpaired) electrons. The van der Waals surface area contributed by atoms with E-state index in [4.69, 9.17) is 4.98 Å². The molecule has 0 aliphatic heterocycles. The van der Waals surface area contributed by atoms with Gasteiger partial charge >= 0.3 is 12.2 Å². The molecular weight excluding hydrogens is 425 g/mol. The SMILES string of the molecule is Cc1nc(C2CCCC2)sc1-c1ccc(NC(=O)Nc2cccc(C(F)(F)F)c2)nc1. The number of nitrogens with one attached hydrogen (secondary N) is 2. The number of pyridine rings is 1. The van der Waals surface area contributed by atoms with Crippen molar-refractivity contribution in [2.24, 2.45) is 0 Å². The summed E-state index contributed by atoms with van der Waals surface area (Å²) >= 11 is 1.69. The number of urea groups is 1. The molecule has 2 amide bonds. The Morgan fingerprint density at radius 3 is 2.58 bits per heavy atom. The van der Waals surface area contributed by atoms with E-state index in [1.165, 1.54) is 42.8 Å². The molecule has 0 unspecified atom stereocenters. The van der Waals surface area contributed by atoms with Gasteiger partial charge in [-0.3, -0.25) is 5.32 Å². The van der Waals surface area contributed by atoms with Gasteiger partial charge < -0.3 is 5.32 Å². The van der Waals surface area contributed by atoms with Gasteiger partial charge in [0.1, 0.15) is 5.82 Å². The van der Waals surface area contributed by atoms with Crippen LogP contribution in [0.1, 0.15) is 47.9 Å². The number of aromatic nitrogens is 2. The zero-order chi connectivity index (χ0) is 22.0. The van der Waals surface area contributed by atoms with E-state index >= 15 is 0 Å². The normalized spacial score (nSPS) is 14.6. The number of carbonyl (C=O) groups excluding carboxylic acids is 1. The van der Waals surface area contributed by atoms with Gasteiger partial charge in [0, 0.05) is 23.4 Å². The maximum atomic E-state index is 12.8. The number of aryl methyl sites for hydroxylation is 1. The Balaban J connectivity index is 1.41. The van der Waals surface area contributed by atoms with Crippen molar-refractivity contribution in [2.45, 2.75) is 44.7 Å². The minimum absolute atomic E-state index is 0.0451. The summed E-state index contributed by atoms with van der Waals surface area (Å²) in [4.78, 5) is 22.2. The van der Waals surface area contributed by atoms with Crippen LogP contribution < -0.4 is 10.6 Å². The molecule has 2 N–H and O–H groups in total. The Hall–Kier alpha value is -2.94. The van der Waals surface area contributed by atoms with Crippen molar-refractivity contribution in [3.8, 4) is 10.4 Å². The fourth-order valence-electron chi connectivity index (χ4n) is 3.69. The molecule has 2 heterocycles. The third kappa shape index (κ3) is 5.04. The number of amides is 2. The molecule has 3 aromatic rings. The Morgan fingerprint density at radius 1 is 1.13 bits per heavy atom. The van der Waals surface area contributed by atoms with E-state index < -0.39 is 17.8 Å². The van der Waals surface area contributed by atoms with Gasteiger partial charge in [-0.05, 0) is 50.1 Å². The zero-order valence-electron chi connectivity index (χ0n) is 16.8. The average Bonchev–Trinajstić information content (AvgIpc) is 3.38. The lowest BCUT2D eigenvalue weighted by Gasteiger charge is -2.10. The van der Waals surface area contributed by atoms with Crippen LogP contribution in [-0.2, 0) is 6.18 Å². The Kier molecular flexibility index (Phi) is 5.95. The highest BCUT2D eigenvalue weighted by atomic mass is 32.1. The van der Waals surface area contributed by atoms with Crippen LogP contribution in [0, 0.1) is 6.92 Å². The number of carbonyl (C=O) groups is 1. The molecule has 5 nitrogen and oxygen atoms in total. The molecule has 1 aromatic carbocycles. The van der Waals surface area contributed by atoms with E-state index in [2.05, 4.69) is 15.6 Å². The fraction of sp³-hybridized carbons (Fsp3) is 0.318. The topological polar surface area (TPSA) is 66.9 Å².